The Hall–Kier alpha value is -2.08. The summed E-state index contributed by atoms with van der Waals surface area (Å²) in [5, 5.41) is 2.96. The molecule has 6 heteroatoms. The van der Waals surface area contributed by atoms with Gasteiger partial charge in [0.05, 0.1) is 18.7 Å². The Labute approximate surface area is 142 Å². The maximum atomic E-state index is 12.3. The quantitative estimate of drug-likeness (QED) is 0.886. The fraction of sp³-hybridized carbons (Fsp3) is 0.556. The van der Waals surface area contributed by atoms with E-state index in [4.69, 9.17) is 4.74 Å². The molecule has 0 spiro atoms. The summed E-state index contributed by atoms with van der Waals surface area (Å²) in [6.45, 7) is 5.33. The standard InChI is InChI=1S/C18H25N3O3/c1-14(20-9-4-5-10-20)12-19-17(22)13-21-15-6-2-3-7-16(15)24-11-8-18(21)23/h2-3,6-7,14H,4-5,8-13H2,1H3,(H,19,22)/t14-/m0/s1. The molecule has 0 aliphatic carbocycles. The molecule has 1 atom stereocenters. The van der Waals surface area contributed by atoms with Crippen molar-refractivity contribution in [3.05, 3.63) is 24.3 Å². The Balaban J connectivity index is 1.59. The lowest BCUT2D eigenvalue weighted by Crippen LogP contribution is -2.45. The highest BCUT2D eigenvalue weighted by Crippen LogP contribution is 2.30. The molecule has 0 radical (unpaired) electrons. The number of para-hydroxylation sites is 2. The zero-order chi connectivity index (χ0) is 16.9. The Bertz CT molecular complexity index is 599. The molecule has 0 unspecified atom stereocenters. The van der Waals surface area contributed by atoms with Crippen LogP contribution < -0.4 is 15.0 Å². The van der Waals surface area contributed by atoms with Gasteiger partial charge >= 0.3 is 0 Å². The Morgan fingerprint density at radius 1 is 1.29 bits per heavy atom. The predicted octanol–water partition coefficient (Wildman–Crippen LogP) is 1.40. The van der Waals surface area contributed by atoms with Gasteiger partial charge in [0.25, 0.3) is 0 Å². The molecule has 2 aliphatic heterocycles. The number of amides is 2. The highest BCUT2D eigenvalue weighted by Gasteiger charge is 2.25. The minimum atomic E-state index is -0.133. The molecule has 130 valence electrons. The number of anilines is 1. The molecule has 0 aromatic heterocycles. The molecule has 1 aromatic rings. The van der Waals surface area contributed by atoms with E-state index in [-0.39, 0.29) is 24.8 Å². The molecular weight excluding hydrogens is 306 g/mol. The third kappa shape index (κ3) is 3.87. The molecule has 24 heavy (non-hydrogen) atoms. The number of likely N-dealkylation sites (tertiary alicyclic amines) is 1. The summed E-state index contributed by atoms with van der Waals surface area (Å²) < 4.78 is 5.60. The van der Waals surface area contributed by atoms with Crippen LogP contribution in [0.3, 0.4) is 0 Å². The van der Waals surface area contributed by atoms with E-state index in [0.29, 0.717) is 30.6 Å². The van der Waals surface area contributed by atoms with Gasteiger partial charge in [0.2, 0.25) is 11.8 Å². The van der Waals surface area contributed by atoms with Crippen LogP contribution in [0.15, 0.2) is 24.3 Å². The van der Waals surface area contributed by atoms with Crippen molar-refractivity contribution in [2.75, 3.05) is 37.7 Å². The van der Waals surface area contributed by atoms with Crippen molar-refractivity contribution in [3.63, 3.8) is 0 Å². The van der Waals surface area contributed by atoms with Crippen molar-refractivity contribution < 1.29 is 14.3 Å². The van der Waals surface area contributed by atoms with Gasteiger partial charge in [0, 0.05) is 12.6 Å². The molecular formula is C18H25N3O3. The van der Waals surface area contributed by atoms with Crippen molar-refractivity contribution in [1.29, 1.82) is 0 Å². The molecule has 1 N–H and O–H groups in total. The number of nitrogens with zero attached hydrogens (tertiary/aromatic N) is 2. The van der Waals surface area contributed by atoms with Gasteiger partial charge in [0.1, 0.15) is 12.3 Å². The SMILES string of the molecule is C[C@@H](CNC(=O)CN1C(=O)CCOc2ccccc21)N1CCCC1. The fourth-order valence-corrected chi connectivity index (χ4v) is 3.27. The van der Waals surface area contributed by atoms with Crippen LogP contribution in [0.25, 0.3) is 0 Å². The molecule has 2 amide bonds. The zero-order valence-electron chi connectivity index (χ0n) is 14.2. The van der Waals surface area contributed by atoms with Crippen molar-refractivity contribution >= 4 is 17.5 Å². The van der Waals surface area contributed by atoms with Crippen molar-refractivity contribution in [2.45, 2.75) is 32.2 Å². The lowest BCUT2D eigenvalue weighted by atomic mass is 10.2. The van der Waals surface area contributed by atoms with Crippen LogP contribution in [-0.2, 0) is 9.59 Å². The smallest absolute Gasteiger partial charge is 0.240 e. The average Bonchev–Trinajstić information content (AvgIpc) is 3.08. The van der Waals surface area contributed by atoms with Gasteiger partial charge in [-0.15, -0.1) is 0 Å². The van der Waals surface area contributed by atoms with E-state index in [2.05, 4.69) is 17.1 Å². The first-order chi connectivity index (χ1) is 11.6. The molecule has 1 aromatic carbocycles. The Morgan fingerprint density at radius 3 is 2.83 bits per heavy atom. The predicted molar refractivity (Wildman–Crippen MR) is 92.2 cm³/mol. The summed E-state index contributed by atoms with van der Waals surface area (Å²) in [5.41, 5.74) is 0.669. The van der Waals surface area contributed by atoms with Crippen LogP contribution in [0.2, 0.25) is 0 Å². The number of carbonyl (C=O) groups excluding carboxylic acids is 2. The van der Waals surface area contributed by atoms with Gasteiger partial charge in [0.15, 0.2) is 0 Å². The summed E-state index contributed by atoms with van der Waals surface area (Å²) in [6, 6.07) is 7.69. The van der Waals surface area contributed by atoms with E-state index >= 15 is 0 Å². The second kappa shape index (κ2) is 7.66. The van der Waals surface area contributed by atoms with Crippen molar-refractivity contribution in [3.8, 4) is 5.75 Å². The fourth-order valence-electron chi connectivity index (χ4n) is 3.27. The van der Waals surface area contributed by atoms with Crippen LogP contribution in [0, 0.1) is 0 Å². The molecule has 2 aliphatic rings. The third-order valence-electron chi connectivity index (χ3n) is 4.69. The molecule has 0 saturated carbocycles. The maximum absolute atomic E-state index is 12.3. The second-order valence-corrected chi connectivity index (χ2v) is 6.44. The van der Waals surface area contributed by atoms with Gasteiger partial charge in [-0.1, -0.05) is 12.1 Å². The number of hydrogen-bond acceptors (Lipinski definition) is 4. The van der Waals surface area contributed by atoms with Gasteiger partial charge in [-0.05, 0) is 45.0 Å². The zero-order valence-corrected chi connectivity index (χ0v) is 14.2. The van der Waals surface area contributed by atoms with E-state index in [0.717, 1.165) is 13.1 Å². The largest absolute Gasteiger partial charge is 0.491 e. The number of hydrogen-bond donors (Lipinski definition) is 1. The van der Waals surface area contributed by atoms with Crippen molar-refractivity contribution in [1.82, 2.24) is 10.2 Å². The normalized spacial score (nSPS) is 19.4. The first-order valence-electron chi connectivity index (χ1n) is 8.68. The molecule has 6 nitrogen and oxygen atoms in total. The van der Waals surface area contributed by atoms with Crippen LogP contribution in [0.1, 0.15) is 26.2 Å². The monoisotopic (exact) mass is 331 g/mol. The topological polar surface area (TPSA) is 61.9 Å². The summed E-state index contributed by atoms with van der Waals surface area (Å²) in [4.78, 5) is 28.6. The minimum Gasteiger partial charge on any atom is -0.491 e. The molecule has 3 rings (SSSR count). The summed E-state index contributed by atoms with van der Waals surface area (Å²) >= 11 is 0. The highest BCUT2D eigenvalue weighted by atomic mass is 16.5. The van der Waals surface area contributed by atoms with E-state index in [1.165, 1.54) is 17.7 Å². The Kier molecular flexibility index (Phi) is 5.35. The van der Waals surface area contributed by atoms with Crippen LogP contribution in [0.4, 0.5) is 5.69 Å². The van der Waals surface area contributed by atoms with Gasteiger partial charge in [-0.3, -0.25) is 19.4 Å². The van der Waals surface area contributed by atoms with Crippen molar-refractivity contribution in [2.24, 2.45) is 0 Å². The van der Waals surface area contributed by atoms with E-state index in [9.17, 15) is 9.59 Å². The first-order valence-corrected chi connectivity index (χ1v) is 8.68. The third-order valence-corrected chi connectivity index (χ3v) is 4.69. The second-order valence-electron chi connectivity index (χ2n) is 6.44. The summed E-state index contributed by atoms with van der Waals surface area (Å²) in [5.74, 6) is 0.440. The first kappa shape index (κ1) is 16.8. The molecule has 2 heterocycles. The van der Waals surface area contributed by atoms with E-state index in [1.54, 1.807) is 0 Å². The number of ether oxygens (including phenoxy) is 1. The number of benzene rings is 1. The summed E-state index contributed by atoms with van der Waals surface area (Å²) in [6.07, 6.45) is 2.75. The van der Waals surface area contributed by atoms with Gasteiger partial charge < -0.3 is 10.1 Å². The van der Waals surface area contributed by atoms with Gasteiger partial charge in [-0.25, -0.2) is 0 Å². The molecule has 0 bridgehead atoms. The van der Waals surface area contributed by atoms with Gasteiger partial charge in [-0.2, -0.15) is 0 Å². The highest BCUT2D eigenvalue weighted by molar-refractivity contribution is 6.00. The van der Waals surface area contributed by atoms with Crippen LogP contribution in [0.5, 0.6) is 5.75 Å². The van der Waals surface area contributed by atoms with E-state index < -0.39 is 0 Å². The van der Waals surface area contributed by atoms with Crippen LogP contribution in [-0.4, -0.2) is 55.5 Å². The molecule has 1 saturated heterocycles. The molecule has 1 fully saturated rings. The number of fused-ring (bicyclic) bond motifs is 1. The maximum Gasteiger partial charge on any atom is 0.240 e. The lowest BCUT2D eigenvalue weighted by molar-refractivity contribution is -0.124. The summed E-state index contributed by atoms with van der Waals surface area (Å²) in [7, 11) is 0. The number of rotatable bonds is 5. The average molecular weight is 331 g/mol. The lowest BCUT2D eigenvalue weighted by Gasteiger charge is -2.25. The minimum absolute atomic E-state index is 0.0337. The number of carbonyl (C=O) groups is 2. The van der Waals surface area contributed by atoms with E-state index in [1.807, 2.05) is 24.3 Å². The Morgan fingerprint density at radius 2 is 2.04 bits per heavy atom. The number of nitrogens with one attached hydrogen (secondary N) is 1. The van der Waals surface area contributed by atoms with Crippen LogP contribution >= 0.6 is 0 Å².